The molecule has 96 valence electrons. The molecule has 0 heterocycles. The number of ether oxygens (including phenoxy) is 1. The van der Waals surface area contributed by atoms with Crippen molar-refractivity contribution in [2.75, 3.05) is 12.3 Å². The van der Waals surface area contributed by atoms with E-state index in [1.54, 1.807) is 37.3 Å². The van der Waals surface area contributed by atoms with Crippen molar-refractivity contribution in [1.29, 1.82) is 0 Å². The van der Waals surface area contributed by atoms with Crippen molar-refractivity contribution in [2.24, 2.45) is 0 Å². The molecule has 0 saturated carbocycles. The third kappa shape index (κ3) is 4.05. The van der Waals surface area contributed by atoms with Gasteiger partial charge in [0.25, 0.3) is 0 Å². The van der Waals surface area contributed by atoms with Crippen LogP contribution in [0.3, 0.4) is 0 Å². The van der Waals surface area contributed by atoms with Gasteiger partial charge in [-0.05, 0) is 25.5 Å². The van der Waals surface area contributed by atoms with Crippen LogP contribution in [-0.2, 0) is 9.53 Å². The van der Waals surface area contributed by atoms with Crippen molar-refractivity contribution >= 4 is 23.5 Å². The standard InChI is InChI=1S/C14H17NO3/c1-3-18-14(17)6-4-5-11-7-8-12(10(2)16)9-13(11)15/h4-5,7-9H,3,6,15H2,1-2H3. The Kier molecular flexibility index (Phi) is 5.11. The number of esters is 1. The van der Waals surface area contributed by atoms with Gasteiger partial charge in [0, 0.05) is 11.3 Å². The van der Waals surface area contributed by atoms with Crippen LogP contribution < -0.4 is 5.73 Å². The highest BCUT2D eigenvalue weighted by molar-refractivity contribution is 5.95. The van der Waals surface area contributed by atoms with Crippen LogP contribution >= 0.6 is 0 Å². The molecule has 0 radical (unpaired) electrons. The zero-order chi connectivity index (χ0) is 13.5. The van der Waals surface area contributed by atoms with Gasteiger partial charge in [-0.1, -0.05) is 24.3 Å². The first-order chi connectivity index (χ1) is 8.54. The molecule has 0 aliphatic carbocycles. The van der Waals surface area contributed by atoms with E-state index in [2.05, 4.69) is 0 Å². The summed E-state index contributed by atoms with van der Waals surface area (Å²) < 4.78 is 4.79. The highest BCUT2D eigenvalue weighted by Crippen LogP contribution is 2.16. The fourth-order valence-electron chi connectivity index (χ4n) is 1.45. The molecule has 0 aliphatic heterocycles. The molecule has 1 aromatic rings. The van der Waals surface area contributed by atoms with Crippen LogP contribution in [0.4, 0.5) is 5.69 Å². The lowest BCUT2D eigenvalue weighted by Crippen LogP contribution is -2.01. The van der Waals surface area contributed by atoms with E-state index in [4.69, 9.17) is 10.5 Å². The van der Waals surface area contributed by atoms with E-state index in [0.717, 1.165) is 5.56 Å². The number of nitrogens with two attached hydrogens (primary N) is 1. The topological polar surface area (TPSA) is 69.4 Å². The summed E-state index contributed by atoms with van der Waals surface area (Å²) in [6.07, 6.45) is 3.65. The lowest BCUT2D eigenvalue weighted by atomic mass is 10.1. The van der Waals surface area contributed by atoms with E-state index in [1.165, 1.54) is 6.92 Å². The normalized spacial score (nSPS) is 10.6. The Balaban J connectivity index is 2.71. The SMILES string of the molecule is CCOC(=O)CC=Cc1ccc(C(C)=O)cc1N. The van der Waals surface area contributed by atoms with Crippen LogP contribution in [-0.4, -0.2) is 18.4 Å². The van der Waals surface area contributed by atoms with Gasteiger partial charge >= 0.3 is 5.97 Å². The van der Waals surface area contributed by atoms with Gasteiger partial charge in [0.15, 0.2) is 5.78 Å². The fourth-order valence-corrected chi connectivity index (χ4v) is 1.45. The molecule has 18 heavy (non-hydrogen) atoms. The summed E-state index contributed by atoms with van der Waals surface area (Å²) in [4.78, 5) is 22.3. The average Bonchev–Trinajstić information content (AvgIpc) is 2.31. The third-order valence-corrected chi connectivity index (χ3v) is 2.38. The molecule has 1 aromatic carbocycles. The van der Waals surface area contributed by atoms with Crippen molar-refractivity contribution in [3.63, 3.8) is 0 Å². The maximum absolute atomic E-state index is 11.1. The van der Waals surface area contributed by atoms with Gasteiger partial charge in [0.1, 0.15) is 0 Å². The average molecular weight is 247 g/mol. The molecular formula is C14H17NO3. The number of rotatable bonds is 5. The first kappa shape index (κ1) is 14.0. The van der Waals surface area contributed by atoms with Gasteiger partial charge in [-0.3, -0.25) is 9.59 Å². The maximum Gasteiger partial charge on any atom is 0.309 e. The zero-order valence-corrected chi connectivity index (χ0v) is 10.6. The van der Waals surface area contributed by atoms with Crippen LogP contribution in [0, 0.1) is 0 Å². The Hall–Kier alpha value is -2.10. The van der Waals surface area contributed by atoms with Gasteiger partial charge in [0.05, 0.1) is 13.0 Å². The van der Waals surface area contributed by atoms with Crippen molar-refractivity contribution in [3.8, 4) is 0 Å². The largest absolute Gasteiger partial charge is 0.466 e. The Morgan fingerprint density at radius 3 is 2.67 bits per heavy atom. The van der Waals surface area contributed by atoms with E-state index in [-0.39, 0.29) is 18.2 Å². The number of anilines is 1. The number of nitrogen functional groups attached to an aromatic ring is 1. The second-order valence-corrected chi connectivity index (χ2v) is 3.81. The molecule has 0 aliphatic rings. The monoisotopic (exact) mass is 247 g/mol. The van der Waals surface area contributed by atoms with Crippen LogP contribution in [0.2, 0.25) is 0 Å². The molecule has 4 heteroatoms. The highest BCUT2D eigenvalue weighted by Gasteiger charge is 2.02. The number of ketones is 1. The Morgan fingerprint density at radius 1 is 1.39 bits per heavy atom. The lowest BCUT2D eigenvalue weighted by molar-refractivity contribution is -0.142. The van der Waals surface area contributed by atoms with Crippen LogP contribution in [0.5, 0.6) is 0 Å². The van der Waals surface area contributed by atoms with E-state index >= 15 is 0 Å². The van der Waals surface area contributed by atoms with Crippen molar-refractivity contribution in [2.45, 2.75) is 20.3 Å². The van der Waals surface area contributed by atoms with Crippen molar-refractivity contribution in [3.05, 3.63) is 35.4 Å². The predicted molar refractivity (Wildman–Crippen MR) is 71.1 cm³/mol. The first-order valence-electron chi connectivity index (χ1n) is 5.77. The van der Waals surface area contributed by atoms with Gasteiger partial charge < -0.3 is 10.5 Å². The van der Waals surface area contributed by atoms with Gasteiger partial charge in [-0.2, -0.15) is 0 Å². The molecule has 2 N–H and O–H groups in total. The fraction of sp³-hybridized carbons (Fsp3) is 0.286. The number of hydrogen-bond acceptors (Lipinski definition) is 4. The minimum atomic E-state index is -0.271. The maximum atomic E-state index is 11.1. The summed E-state index contributed by atoms with van der Waals surface area (Å²) in [6, 6.07) is 5.10. The van der Waals surface area contributed by atoms with Gasteiger partial charge in [-0.25, -0.2) is 0 Å². The van der Waals surface area contributed by atoms with Crippen molar-refractivity contribution < 1.29 is 14.3 Å². The molecule has 0 bridgehead atoms. The number of carbonyl (C=O) groups excluding carboxylic acids is 2. The summed E-state index contributed by atoms with van der Waals surface area (Å²) in [5.41, 5.74) is 7.69. The smallest absolute Gasteiger partial charge is 0.309 e. The molecule has 0 aromatic heterocycles. The molecule has 0 fully saturated rings. The second-order valence-electron chi connectivity index (χ2n) is 3.81. The predicted octanol–water partition coefficient (Wildman–Crippen LogP) is 2.44. The summed E-state index contributed by atoms with van der Waals surface area (Å²) in [5, 5.41) is 0. The molecular weight excluding hydrogens is 230 g/mol. The lowest BCUT2D eigenvalue weighted by Gasteiger charge is -2.02. The Labute approximate surface area is 106 Å². The Bertz CT molecular complexity index is 478. The second kappa shape index (κ2) is 6.59. The van der Waals surface area contributed by atoms with E-state index in [0.29, 0.717) is 17.9 Å². The number of benzene rings is 1. The molecule has 4 nitrogen and oxygen atoms in total. The van der Waals surface area contributed by atoms with E-state index in [1.807, 2.05) is 0 Å². The van der Waals surface area contributed by atoms with Crippen LogP contribution in [0.15, 0.2) is 24.3 Å². The zero-order valence-electron chi connectivity index (χ0n) is 10.6. The summed E-state index contributed by atoms with van der Waals surface area (Å²) in [6.45, 7) is 3.63. The summed E-state index contributed by atoms with van der Waals surface area (Å²) in [5.74, 6) is -0.295. The van der Waals surface area contributed by atoms with Gasteiger partial charge in [-0.15, -0.1) is 0 Å². The Morgan fingerprint density at radius 2 is 2.11 bits per heavy atom. The summed E-state index contributed by atoms with van der Waals surface area (Å²) in [7, 11) is 0. The molecule has 0 amide bonds. The minimum Gasteiger partial charge on any atom is -0.466 e. The minimum absolute atomic E-state index is 0.0243. The molecule has 1 rings (SSSR count). The molecule has 0 unspecified atom stereocenters. The van der Waals surface area contributed by atoms with E-state index in [9.17, 15) is 9.59 Å². The quantitative estimate of drug-likeness (QED) is 0.493. The highest BCUT2D eigenvalue weighted by atomic mass is 16.5. The number of hydrogen-bond donors (Lipinski definition) is 1. The summed E-state index contributed by atoms with van der Waals surface area (Å²) >= 11 is 0. The van der Waals surface area contributed by atoms with Crippen LogP contribution in [0.25, 0.3) is 6.08 Å². The molecule has 0 atom stereocenters. The van der Waals surface area contributed by atoms with Crippen LogP contribution in [0.1, 0.15) is 36.2 Å². The van der Waals surface area contributed by atoms with Crippen molar-refractivity contribution in [1.82, 2.24) is 0 Å². The van der Waals surface area contributed by atoms with E-state index < -0.39 is 0 Å². The van der Waals surface area contributed by atoms with Gasteiger partial charge in [0.2, 0.25) is 0 Å². The number of Topliss-reactive ketones (excluding diaryl/α,β-unsaturated/α-hetero) is 1. The first-order valence-corrected chi connectivity index (χ1v) is 5.77. The third-order valence-electron chi connectivity index (χ3n) is 2.38. The number of carbonyl (C=O) groups is 2. The molecule has 0 saturated heterocycles. The molecule has 0 spiro atoms.